The molecule has 1 saturated carbocycles. The minimum absolute atomic E-state index is 0.138. The van der Waals surface area contributed by atoms with Crippen LogP contribution in [0, 0.1) is 5.82 Å². The molecule has 3 N–H and O–H groups in total. The molecule has 0 atom stereocenters. The zero-order valence-electron chi connectivity index (χ0n) is 8.61. The second-order valence-corrected chi connectivity index (χ2v) is 5.48. The van der Waals surface area contributed by atoms with Crippen molar-refractivity contribution in [2.45, 2.75) is 30.3 Å². The van der Waals surface area contributed by atoms with Crippen LogP contribution >= 0.6 is 0 Å². The third-order valence-electron chi connectivity index (χ3n) is 2.49. The van der Waals surface area contributed by atoms with E-state index < -0.39 is 15.8 Å². The fourth-order valence-electron chi connectivity index (χ4n) is 1.48. The minimum Gasteiger partial charge on any atom is -0.310 e. The van der Waals surface area contributed by atoms with E-state index in [0.717, 1.165) is 18.9 Å². The van der Waals surface area contributed by atoms with Crippen molar-refractivity contribution in [3.8, 4) is 0 Å². The van der Waals surface area contributed by atoms with Gasteiger partial charge in [0.25, 0.3) is 0 Å². The lowest BCUT2D eigenvalue weighted by Gasteiger charge is -2.08. The van der Waals surface area contributed by atoms with Crippen LogP contribution in [0.1, 0.15) is 18.4 Å². The molecule has 0 radical (unpaired) electrons. The Labute approximate surface area is 93.7 Å². The van der Waals surface area contributed by atoms with E-state index in [4.69, 9.17) is 5.14 Å². The van der Waals surface area contributed by atoms with Gasteiger partial charge in [-0.3, -0.25) is 0 Å². The molecule has 0 spiro atoms. The van der Waals surface area contributed by atoms with Crippen LogP contribution in [0.5, 0.6) is 0 Å². The number of sulfonamides is 1. The number of halogens is 1. The van der Waals surface area contributed by atoms with Gasteiger partial charge in [-0.1, -0.05) is 6.07 Å². The highest BCUT2D eigenvalue weighted by Gasteiger charge is 2.22. The van der Waals surface area contributed by atoms with E-state index in [0.29, 0.717) is 18.2 Å². The van der Waals surface area contributed by atoms with Gasteiger partial charge in [0, 0.05) is 12.6 Å². The van der Waals surface area contributed by atoms with Crippen molar-refractivity contribution in [3.63, 3.8) is 0 Å². The topological polar surface area (TPSA) is 72.2 Å². The van der Waals surface area contributed by atoms with Crippen LogP contribution in [0.3, 0.4) is 0 Å². The molecule has 1 aliphatic carbocycles. The molecule has 88 valence electrons. The summed E-state index contributed by atoms with van der Waals surface area (Å²) in [5, 5.41) is 8.19. The van der Waals surface area contributed by atoms with Gasteiger partial charge in [-0.2, -0.15) is 0 Å². The number of hydrogen-bond acceptors (Lipinski definition) is 3. The fourth-order valence-corrected chi connectivity index (χ4v) is 2.26. The Bertz CT molecular complexity index is 498. The van der Waals surface area contributed by atoms with Gasteiger partial charge in [-0.05, 0) is 30.5 Å². The van der Waals surface area contributed by atoms with Crippen LogP contribution in [0.2, 0.25) is 0 Å². The summed E-state index contributed by atoms with van der Waals surface area (Å²) in [4.78, 5) is -0.138. The second-order valence-electron chi connectivity index (χ2n) is 3.95. The SMILES string of the molecule is NS(=O)(=O)c1cc(F)ccc1CNC1CC1. The van der Waals surface area contributed by atoms with Gasteiger partial charge in [0.15, 0.2) is 0 Å². The monoisotopic (exact) mass is 244 g/mol. The Kier molecular flexibility index (Phi) is 2.96. The summed E-state index contributed by atoms with van der Waals surface area (Å²) in [5.74, 6) is -0.598. The highest BCUT2D eigenvalue weighted by atomic mass is 32.2. The van der Waals surface area contributed by atoms with Crippen molar-refractivity contribution in [1.29, 1.82) is 0 Å². The van der Waals surface area contributed by atoms with Crippen molar-refractivity contribution in [3.05, 3.63) is 29.6 Å². The molecule has 0 heterocycles. The van der Waals surface area contributed by atoms with Gasteiger partial charge in [-0.25, -0.2) is 17.9 Å². The number of primary sulfonamides is 1. The zero-order chi connectivity index (χ0) is 11.8. The lowest BCUT2D eigenvalue weighted by molar-refractivity contribution is 0.586. The maximum atomic E-state index is 12.9. The first kappa shape index (κ1) is 11.5. The van der Waals surface area contributed by atoms with E-state index in [1.165, 1.54) is 12.1 Å². The number of nitrogens with one attached hydrogen (secondary N) is 1. The van der Waals surface area contributed by atoms with Crippen molar-refractivity contribution >= 4 is 10.0 Å². The highest BCUT2D eigenvalue weighted by Crippen LogP contribution is 2.21. The van der Waals surface area contributed by atoms with Crippen LogP contribution in [-0.2, 0) is 16.6 Å². The molecule has 1 fully saturated rings. The summed E-state index contributed by atoms with van der Waals surface area (Å²) < 4.78 is 35.4. The molecule has 0 amide bonds. The Morgan fingerprint density at radius 2 is 2.12 bits per heavy atom. The van der Waals surface area contributed by atoms with Crippen molar-refractivity contribution in [2.75, 3.05) is 0 Å². The van der Waals surface area contributed by atoms with Gasteiger partial charge in [0.1, 0.15) is 5.82 Å². The largest absolute Gasteiger partial charge is 0.310 e. The predicted octanol–water partition coefficient (Wildman–Crippen LogP) is 0.725. The molecule has 0 unspecified atom stereocenters. The summed E-state index contributed by atoms with van der Waals surface area (Å²) in [7, 11) is -3.86. The van der Waals surface area contributed by atoms with E-state index in [1.54, 1.807) is 0 Å². The lowest BCUT2D eigenvalue weighted by atomic mass is 10.2. The molecule has 1 aromatic rings. The maximum absolute atomic E-state index is 12.9. The summed E-state index contributed by atoms with van der Waals surface area (Å²) in [6, 6.07) is 4.10. The standard InChI is InChI=1S/C10H13FN2O2S/c11-8-2-1-7(6-13-9-3-4-9)10(5-8)16(12,14)15/h1-2,5,9,13H,3-4,6H2,(H2,12,14,15). The summed E-state index contributed by atoms with van der Waals surface area (Å²) >= 11 is 0. The number of hydrogen-bond donors (Lipinski definition) is 2. The first-order valence-corrected chi connectivity index (χ1v) is 6.56. The minimum atomic E-state index is -3.86. The summed E-state index contributed by atoms with van der Waals surface area (Å²) in [6.07, 6.45) is 2.21. The summed E-state index contributed by atoms with van der Waals surface area (Å²) in [6.45, 7) is 0.400. The third kappa shape index (κ3) is 2.78. The molecule has 0 aromatic heterocycles. The highest BCUT2D eigenvalue weighted by molar-refractivity contribution is 7.89. The van der Waals surface area contributed by atoms with E-state index >= 15 is 0 Å². The van der Waals surface area contributed by atoms with Crippen LogP contribution in [0.15, 0.2) is 23.1 Å². The molecule has 1 aliphatic rings. The average Bonchev–Trinajstić information content (AvgIpc) is 2.98. The van der Waals surface area contributed by atoms with Gasteiger partial charge >= 0.3 is 0 Å². The Morgan fingerprint density at radius 3 is 2.69 bits per heavy atom. The predicted molar refractivity (Wildman–Crippen MR) is 57.6 cm³/mol. The van der Waals surface area contributed by atoms with Crippen LogP contribution in [0.25, 0.3) is 0 Å². The van der Waals surface area contributed by atoms with Crippen LogP contribution in [-0.4, -0.2) is 14.5 Å². The average molecular weight is 244 g/mol. The molecular formula is C10H13FN2O2S. The molecule has 0 aliphatic heterocycles. The lowest BCUT2D eigenvalue weighted by Crippen LogP contribution is -2.20. The zero-order valence-corrected chi connectivity index (χ0v) is 9.43. The van der Waals surface area contributed by atoms with Gasteiger partial charge < -0.3 is 5.32 Å². The van der Waals surface area contributed by atoms with Crippen LogP contribution in [0.4, 0.5) is 4.39 Å². The molecule has 2 rings (SSSR count). The molecule has 0 bridgehead atoms. The van der Waals surface area contributed by atoms with Gasteiger partial charge in [-0.15, -0.1) is 0 Å². The Hall–Kier alpha value is -0.980. The quantitative estimate of drug-likeness (QED) is 0.820. The molecule has 6 heteroatoms. The van der Waals surface area contributed by atoms with Crippen molar-refractivity contribution in [2.24, 2.45) is 5.14 Å². The van der Waals surface area contributed by atoms with Crippen molar-refractivity contribution < 1.29 is 12.8 Å². The summed E-state index contributed by atoms with van der Waals surface area (Å²) in [5.41, 5.74) is 0.510. The van der Waals surface area contributed by atoms with E-state index in [9.17, 15) is 12.8 Å². The van der Waals surface area contributed by atoms with Gasteiger partial charge in [0.2, 0.25) is 10.0 Å². The van der Waals surface area contributed by atoms with Crippen molar-refractivity contribution in [1.82, 2.24) is 5.32 Å². The molecule has 1 aromatic carbocycles. The molecule has 0 saturated heterocycles. The molecule has 4 nitrogen and oxygen atoms in total. The number of nitrogens with two attached hydrogens (primary N) is 1. The van der Waals surface area contributed by atoms with E-state index in [1.807, 2.05) is 0 Å². The molecule has 16 heavy (non-hydrogen) atoms. The maximum Gasteiger partial charge on any atom is 0.238 e. The molecular weight excluding hydrogens is 231 g/mol. The number of rotatable bonds is 4. The first-order chi connectivity index (χ1) is 7.47. The van der Waals surface area contributed by atoms with E-state index in [2.05, 4.69) is 5.32 Å². The number of benzene rings is 1. The second kappa shape index (κ2) is 4.12. The van der Waals surface area contributed by atoms with Crippen LogP contribution < -0.4 is 10.5 Å². The van der Waals surface area contributed by atoms with Gasteiger partial charge in [0.05, 0.1) is 4.90 Å². The third-order valence-corrected chi connectivity index (χ3v) is 3.49. The smallest absolute Gasteiger partial charge is 0.238 e. The normalized spacial score (nSPS) is 16.4. The Balaban J connectivity index is 2.27. The Morgan fingerprint density at radius 1 is 1.44 bits per heavy atom. The van der Waals surface area contributed by atoms with E-state index in [-0.39, 0.29) is 4.90 Å². The first-order valence-electron chi connectivity index (χ1n) is 5.01. The fraction of sp³-hybridized carbons (Fsp3) is 0.400.